The van der Waals surface area contributed by atoms with Crippen molar-refractivity contribution in [2.45, 2.75) is 37.4 Å². The van der Waals surface area contributed by atoms with Gasteiger partial charge in [0.2, 0.25) is 12.3 Å². The molecule has 0 aromatic carbocycles. The van der Waals surface area contributed by atoms with Crippen molar-refractivity contribution >= 4 is 17.9 Å². The van der Waals surface area contributed by atoms with Crippen molar-refractivity contribution in [2.75, 3.05) is 0 Å². The van der Waals surface area contributed by atoms with Crippen molar-refractivity contribution in [2.24, 2.45) is 11.8 Å². The summed E-state index contributed by atoms with van der Waals surface area (Å²) in [5.74, 6) is -0.266. The number of hydrogen-bond donors (Lipinski definition) is 1. The summed E-state index contributed by atoms with van der Waals surface area (Å²) in [5, 5.41) is 0.575. The summed E-state index contributed by atoms with van der Waals surface area (Å²) in [4.78, 5) is 11.4. The molecule has 0 aromatic heterocycles. The van der Waals surface area contributed by atoms with Crippen LogP contribution in [-0.4, -0.2) is 17.6 Å². The second kappa shape index (κ2) is 4.04. The minimum Gasteiger partial charge on any atom is -0.300 e. The molecule has 2 aliphatic carbocycles. The molecule has 0 spiro atoms. The van der Waals surface area contributed by atoms with E-state index in [0.29, 0.717) is 11.7 Å². The van der Waals surface area contributed by atoms with Gasteiger partial charge in [-0.15, -0.1) is 0 Å². The zero-order valence-corrected chi connectivity index (χ0v) is 8.53. The summed E-state index contributed by atoms with van der Waals surface area (Å²) >= 11 is 1.45. The number of halogens is 2. The normalized spacial score (nSPS) is 30.5. The lowest BCUT2D eigenvalue weighted by molar-refractivity contribution is -0.120. The SMILES string of the molecule is O=C(NSC1CC1)[C@H]1C[C@H]1CC(F)F. The molecule has 14 heavy (non-hydrogen) atoms. The predicted octanol–water partition coefficient (Wildman–Crippen LogP) is 2.20. The van der Waals surface area contributed by atoms with Crippen molar-refractivity contribution in [1.82, 2.24) is 4.72 Å². The Morgan fingerprint density at radius 3 is 2.79 bits per heavy atom. The standard InChI is InChI=1S/C9H13F2NOS/c10-8(11)4-5-3-7(5)9(13)12-14-6-1-2-6/h5-8H,1-4H2,(H,12,13)/t5-,7-/m0/s1. The first-order valence-corrected chi connectivity index (χ1v) is 5.78. The molecule has 0 unspecified atom stereocenters. The number of rotatable bonds is 5. The van der Waals surface area contributed by atoms with Gasteiger partial charge in [-0.25, -0.2) is 8.78 Å². The van der Waals surface area contributed by atoms with Crippen molar-refractivity contribution in [3.63, 3.8) is 0 Å². The molecule has 2 saturated carbocycles. The second-order valence-corrected chi connectivity index (χ2v) is 5.12. The highest BCUT2D eigenvalue weighted by atomic mass is 32.2. The quantitative estimate of drug-likeness (QED) is 0.721. The van der Waals surface area contributed by atoms with E-state index in [-0.39, 0.29) is 24.2 Å². The van der Waals surface area contributed by atoms with Gasteiger partial charge in [-0.1, -0.05) is 0 Å². The van der Waals surface area contributed by atoms with Crippen LogP contribution >= 0.6 is 11.9 Å². The van der Waals surface area contributed by atoms with E-state index < -0.39 is 6.43 Å². The first-order chi connectivity index (χ1) is 6.66. The van der Waals surface area contributed by atoms with E-state index in [4.69, 9.17) is 0 Å². The van der Waals surface area contributed by atoms with Gasteiger partial charge in [-0.2, -0.15) is 0 Å². The number of carbonyl (C=O) groups is 1. The molecule has 2 atom stereocenters. The van der Waals surface area contributed by atoms with E-state index in [0.717, 1.165) is 12.8 Å². The molecule has 1 N–H and O–H groups in total. The number of hydrogen-bond acceptors (Lipinski definition) is 2. The Hall–Kier alpha value is -0.320. The summed E-state index contributed by atoms with van der Waals surface area (Å²) in [5.41, 5.74) is 0. The smallest absolute Gasteiger partial charge is 0.238 e. The van der Waals surface area contributed by atoms with E-state index in [9.17, 15) is 13.6 Å². The van der Waals surface area contributed by atoms with Gasteiger partial charge < -0.3 is 0 Å². The molecule has 0 heterocycles. The lowest BCUT2D eigenvalue weighted by Crippen LogP contribution is -2.19. The number of amides is 1. The Kier molecular flexibility index (Phi) is 2.95. The van der Waals surface area contributed by atoms with Crippen LogP contribution in [0.25, 0.3) is 0 Å². The highest BCUT2D eigenvalue weighted by Crippen LogP contribution is 2.43. The highest BCUT2D eigenvalue weighted by Gasteiger charge is 2.44. The Morgan fingerprint density at radius 2 is 2.21 bits per heavy atom. The maximum Gasteiger partial charge on any atom is 0.238 e. The Balaban J connectivity index is 1.62. The van der Waals surface area contributed by atoms with Crippen LogP contribution in [0.1, 0.15) is 25.7 Å². The second-order valence-electron chi connectivity index (χ2n) is 4.01. The summed E-state index contributed by atoms with van der Waals surface area (Å²) in [6, 6.07) is 0. The van der Waals surface area contributed by atoms with E-state index in [1.807, 2.05) is 0 Å². The van der Waals surface area contributed by atoms with Crippen LogP contribution in [0.2, 0.25) is 0 Å². The van der Waals surface area contributed by atoms with Gasteiger partial charge in [-0.05, 0) is 37.1 Å². The van der Waals surface area contributed by atoms with E-state index in [1.54, 1.807) is 0 Å². The van der Waals surface area contributed by atoms with Gasteiger partial charge in [0.15, 0.2) is 0 Å². The van der Waals surface area contributed by atoms with Gasteiger partial charge in [0, 0.05) is 17.6 Å². The molecule has 5 heteroatoms. The zero-order chi connectivity index (χ0) is 10.1. The Labute approximate surface area is 85.9 Å². The summed E-state index contributed by atoms with van der Waals surface area (Å²) in [6.07, 6.45) is 0.577. The van der Waals surface area contributed by atoms with Crippen LogP contribution < -0.4 is 4.72 Å². The molecule has 0 saturated heterocycles. The maximum atomic E-state index is 11.9. The first kappa shape index (κ1) is 10.2. The Morgan fingerprint density at radius 1 is 1.50 bits per heavy atom. The monoisotopic (exact) mass is 221 g/mol. The van der Waals surface area contributed by atoms with Crippen LogP contribution in [0.4, 0.5) is 8.78 Å². The van der Waals surface area contributed by atoms with Crippen molar-refractivity contribution in [3.8, 4) is 0 Å². The van der Waals surface area contributed by atoms with Gasteiger partial charge in [0.1, 0.15) is 0 Å². The molecule has 0 radical (unpaired) electrons. The van der Waals surface area contributed by atoms with Crippen LogP contribution in [0.3, 0.4) is 0 Å². The van der Waals surface area contributed by atoms with Gasteiger partial charge in [0.25, 0.3) is 0 Å². The number of alkyl halides is 2. The van der Waals surface area contributed by atoms with Gasteiger partial charge in [-0.3, -0.25) is 9.52 Å². The van der Waals surface area contributed by atoms with E-state index >= 15 is 0 Å². The van der Waals surface area contributed by atoms with Crippen LogP contribution in [0.5, 0.6) is 0 Å². The fraction of sp³-hybridized carbons (Fsp3) is 0.889. The molecule has 0 aliphatic heterocycles. The molecular formula is C9H13F2NOS. The molecule has 2 aliphatic rings. The summed E-state index contributed by atoms with van der Waals surface area (Å²) in [7, 11) is 0. The van der Waals surface area contributed by atoms with Gasteiger partial charge >= 0.3 is 0 Å². The molecule has 0 aromatic rings. The van der Waals surface area contributed by atoms with Crippen LogP contribution in [0.15, 0.2) is 0 Å². The number of carbonyl (C=O) groups excluding carboxylic acids is 1. The molecule has 2 nitrogen and oxygen atoms in total. The van der Waals surface area contributed by atoms with Crippen molar-refractivity contribution < 1.29 is 13.6 Å². The molecule has 1 amide bonds. The molecule has 2 fully saturated rings. The van der Waals surface area contributed by atoms with Crippen molar-refractivity contribution in [3.05, 3.63) is 0 Å². The fourth-order valence-electron chi connectivity index (χ4n) is 1.46. The molecule has 0 bridgehead atoms. The third kappa shape index (κ3) is 2.83. The molecular weight excluding hydrogens is 208 g/mol. The average Bonchev–Trinajstić information content (AvgIpc) is 2.93. The average molecular weight is 221 g/mol. The van der Waals surface area contributed by atoms with E-state index in [1.165, 1.54) is 11.9 Å². The maximum absolute atomic E-state index is 11.9. The number of nitrogens with one attached hydrogen (secondary N) is 1. The fourth-order valence-corrected chi connectivity index (χ4v) is 2.27. The van der Waals surface area contributed by atoms with Crippen LogP contribution in [0, 0.1) is 11.8 Å². The minimum atomic E-state index is -2.27. The predicted molar refractivity (Wildman–Crippen MR) is 51.0 cm³/mol. The van der Waals surface area contributed by atoms with Crippen LogP contribution in [-0.2, 0) is 4.79 Å². The summed E-state index contributed by atoms with van der Waals surface area (Å²) < 4.78 is 26.6. The summed E-state index contributed by atoms with van der Waals surface area (Å²) in [6.45, 7) is 0. The Bertz CT molecular complexity index is 233. The molecule has 80 valence electrons. The largest absolute Gasteiger partial charge is 0.300 e. The topological polar surface area (TPSA) is 29.1 Å². The van der Waals surface area contributed by atoms with Crippen molar-refractivity contribution in [1.29, 1.82) is 0 Å². The highest BCUT2D eigenvalue weighted by molar-refractivity contribution is 7.98. The molecule has 2 rings (SSSR count). The lowest BCUT2D eigenvalue weighted by atomic mass is 10.2. The van der Waals surface area contributed by atoms with E-state index in [2.05, 4.69) is 4.72 Å². The minimum absolute atomic E-state index is 0.0486. The first-order valence-electron chi connectivity index (χ1n) is 4.90. The zero-order valence-electron chi connectivity index (χ0n) is 7.71. The van der Waals surface area contributed by atoms with Gasteiger partial charge in [0.05, 0.1) is 0 Å². The third-order valence-corrected chi connectivity index (χ3v) is 3.71. The lowest BCUT2D eigenvalue weighted by Gasteiger charge is -2.02. The third-order valence-electron chi connectivity index (χ3n) is 2.59.